The monoisotopic (exact) mass is 376 g/mol. The topological polar surface area (TPSA) is 106 Å². The summed E-state index contributed by atoms with van der Waals surface area (Å²) in [6.45, 7) is 1.31. The number of hydrogen-bond acceptors (Lipinski definition) is 4. The largest absolute Gasteiger partial charge is 0.497 e. The lowest BCUT2D eigenvalue weighted by molar-refractivity contribution is 0.414. The van der Waals surface area contributed by atoms with Crippen molar-refractivity contribution in [3.8, 4) is 5.75 Å². The Morgan fingerprint density at radius 3 is 2.19 bits per heavy atom. The Labute approximate surface area is 154 Å². The number of sulfonamides is 1. The molecule has 0 aliphatic heterocycles. The number of nitrogens with one attached hydrogen (secondary N) is 2. The maximum absolute atomic E-state index is 11.2. The second-order valence-electron chi connectivity index (χ2n) is 5.64. The second kappa shape index (κ2) is 9.21. The van der Waals surface area contributed by atoms with Gasteiger partial charge in [-0.3, -0.25) is 4.99 Å². The van der Waals surface area contributed by atoms with Crippen molar-refractivity contribution in [3.63, 3.8) is 0 Å². The number of methoxy groups -OCH3 is 1. The molecule has 0 spiro atoms. The lowest BCUT2D eigenvalue weighted by atomic mass is 10.1. The molecular formula is C18H24N4O3S. The smallest absolute Gasteiger partial charge is 0.238 e. The Bertz CT molecular complexity index is 832. The molecule has 26 heavy (non-hydrogen) atoms. The summed E-state index contributed by atoms with van der Waals surface area (Å²) in [6.07, 6.45) is 0.730. The third kappa shape index (κ3) is 6.05. The number of nitrogens with zero attached hydrogens (tertiary/aromatic N) is 1. The zero-order chi connectivity index (χ0) is 19.0. The Hall–Kier alpha value is -2.58. The fraction of sp³-hybridized carbons (Fsp3) is 0.278. The highest BCUT2D eigenvalue weighted by Gasteiger charge is 2.06. The summed E-state index contributed by atoms with van der Waals surface area (Å²) < 4.78 is 27.6. The van der Waals surface area contributed by atoms with Crippen LogP contribution in [0.5, 0.6) is 5.75 Å². The quantitative estimate of drug-likeness (QED) is 0.498. The average Bonchev–Trinajstić information content (AvgIpc) is 2.64. The minimum Gasteiger partial charge on any atom is -0.497 e. The van der Waals surface area contributed by atoms with Crippen LogP contribution in [0.25, 0.3) is 0 Å². The molecule has 0 saturated carbocycles. The minimum atomic E-state index is -3.65. The van der Waals surface area contributed by atoms with Crippen LogP contribution in [0.3, 0.4) is 0 Å². The van der Waals surface area contributed by atoms with E-state index in [4.69, 9.17) is 9.88 Å². The van der Waals surface area contributed by atoms with Gasteiger partial charge >= 0.3 is 0 Å². The molecule has 0 radical (unpaired) electrons. The zero-order valence-electron chi connectivity index (χ0n) is 14.9. The molecule has 2 rings (SSSR count). The van der Waals surface area contributed by atoms with E-state index in [1.54, 1.807) is 26.3 Å². The summed E-state index contributed by atoms with van der Waals surface area (Å²) in [7, 11) is -0.295. The van der Waals surface area contributed by atoms with Crippen molar-refractivity contribution in [2.75, 3.05) is 20.7 Å². The molecule has 8 heteroatoms. The lowest BCUT2D eigenvalue weighted by Crippen LogP contribution is -2.37. The molecule has 7 nitrogen and oxygen atoms in total. The van der Waals surface area contributed by atoms with Gasteiger partial charge < -0.3 is 15.4 Å². The van der Waals surface area contributed by atoms with Gasteiger partial charge in [0.05, 0.1) is 12.0 Å². The van der Waals surface area contributed by atoms with Crippen LogP contribution < -0.4 is 20.5 Å². The Morgan fingerprint density at radius 2 is 1.65 bits per heavy atom. The fourth-order valence-electron chi connectivity index (χ4n) is 2.32. The van der Waals surface area contributed by atoms with Gasteiger partial charge in [-0.15, -0.1) is 0 Å². The molecule has 0 unspecified atom stereocenters. The SMILES string of the molecule is CN=C(NCCc1ccc(S(N)(=O)=O)cc1)NCc1ccc(OC)cc1. The van der Waals surface area contributed by atoms with E-state index in [1.165, 1.54) is 12.1 Å². The van der Waals surface area contributed by atoms with Gasteiger partial charge in [0.15, 0.2) is 5.96 Å². The minimum absolute atomic E-state index is 0.117. The molecule has 2 aromatic rings. The molecule has 0 aliphatic rings. The van der Waals surface area contributed by atoms with Gasteiger partial charge in [-0.1, -0.05) is 24.3 Å². The first-order valence-electron chi connectivity index (χ1n) is 8.11. The summed E-state index contributed by atoms with van der Waals surface area (Å²) in [5.74, 6) is 1.52. The molecule has 0 atom stereocenters. The van der Waals surface area contributed by atoms with Gasteiger partial charge in [0.1, 0.15) is 5.75 Å². The normalized spacial score (nSPS) is 11.9. The van der Waals surface area contributed by atoms with Gasteiger partial charge in [-0.25, -0.2) is 13.6 Å². The number of ether oxygens (including phenoxy) is 1. The van der Waals surface area contributed by atoms with Crippen molar-refractivity contribution in [1.82, 2.24) is 10.6 Å². The highest BCUT2D eigenvalue weighted by molar-refractivity contribution is 7.89. The van der Waals surface area contributed by atoms with Crippen molar-refractivity contribution in [2.24, 2.45) is 10.1 Å². The Kier molecular flexibility index (Phi) is 6.99. The second-order valence-corrected chi connectivity index (χ2v) is 7.20. The first-order chi connectivity index (χ1) is 12.4. The highest BCUT2D eigenvalue weighted by Crippen LogP contribution is 2.11. The van der Waals surface area contributed by atoms with Gasteiger partial charge in [0.25, 0.3) is 0 Å². The van der Waals surface area contributed by atoms with Crippen LogP contribution in [0.1, 0.15) is 11.1 Å². The standard InChI is InChI=1S/C18H24N4O3S/c1-20-18(22-13-15-3-7-16(25-2)8-4-15)21-12-11-14-5-9-17(10-6-14)26(19,23)24/h3-10H,11-13H2,1-2H3,(H2,19,23,24)(H2,20,21,22). The summed E-state index contributed by atoms with van der Waals surface area (Å²) in [6, 6.07) is 14.4. The van der Waals surface area contributed by atoms with Crippen molar-refractivity contribution < 1.29 is 13.2 Å². The number of rotatable bonds is 7. The molecular weight excluding hydrogens is 352 g/mol. The summed E-state index contributed by atoms with van der Waals surface area (Å²) in [5.41, 5.74) is 2.13. The van der Waals surface area contributed by atoms with E-state index in [2.05, 4.69) is 15.6 Å². The maximum Gasteiger partial charge on any atom is 0.238 e. The number of hydrogen-bond donors (Lipinski definition) is 3. The number of aliphatic imine (C=N–C) groups is 1. The fourth-order valence-corrected chi connectivity index (χ4v) is 2.84. The first-order valence-corrected chi connectivity index (χ1v) is 9.66. The molecule has 0 fully saturated rings. The van der Waals surface area contributed by atoms with Crippen LogP contribution in [0.2, 0.25) is 0 Å². The van der Waals surface area contributed by atoms with Gasteiger partial charge in [-0.2, -0.15) is 0 Å². The molecule has 0 aromatic heterocycles. The van der Waals surface area contributed by atoms with E-state index in [9.17, 15) is 8.42 Å². The molecule has 2 aromatic carbocycles. The van der Waals surface area contributed by atoms with Crippen LogP contribution in [0, 0.1) is 0 Å². The van der Waals surface area contributed by atoms with Crippen molar-refractivity contribution in [2.45, 2.75) is 17.9 Å². The molecule has 0 bridgehead atoms. The summed E-state index contributed by atoms with van der Waals surface area (Å²) >= 11 is 0. The van der Waals surface area contributed by atoms with E-state index < -0.39 is 10.0 Å². The average molecular weight is 376 g/mol. The van der Waals surface area contributed by atoms with Gasteiger partial charge in [0.2, 0.25) is 10.0 Å². The molecule has 0 aliphatic carbocycles. The van der Waals surface area contributed by atoms with E-state index in [1.807, 2.05) is 24.3 Å². The van der Waals surface area contributed by atoms with E-state index in [0.29, 0.717) is 19.0 Å². The molecule has 0 amide bonds. The van der Waals surface area contributed by atoms with Crippen molar-refractivity contribution in [1.29, 1.82) is 0 Å². The molecule has 0 heterocycles. The lowest BCUT2D eigenvalue weighted by Gasteiger charge is -2.12. The summed E-state index contributed by atoms with van der Waals surface area (Å²) in [5, 5.41) is 11.6. The highest BCUT2D eigenvalue weighted by atomic mass is 32.2. The van der Waals surface area contributed by atoms with Gasteiger partial charge in [-0.05, 0) is 41.8 Å². The first kappa shape index (κ1) is 19.7. The predicted octanol–water partition coefficient (Wildman–Crippen LogP) is 1.25. The van der Waals surface area contributed by atoms with Crippen LogP contribution >= 0.6 is 0 Å². The van der Waals surface area contributed by atoms with E-state index >= 15 is 0 Å². The van der Waals surface area contributed by atoms with Crippen LogP contribution in [0.15, 0.2) is 58.4 Å². The zero-order valence-corrected chi connectivity index (χ0v) is 15.7. The van der Waals surface area contributed by atoms with Crippen molar-refractivity contribution in [3.05, 3.63) is 59.7 Å². The molecule has 0 saturated heterocycles. The Morgan fingerprint density at radius 1 is 1.04 bits per heavy atom. The number of benzene rings is 2. The third-order valence-corrected chi connectivity index (χ3v) is 4.73. The molecule has 140 valence electrons. The number of nitrogens with two attached hydrogens (primary N) is 1. The van der Waals surface area contributed by atoms with Crippen LogP contribution in [0.4, 0.5) is 0 Å². The van der Waals surface area contributed by atoms with Crippen LogP contribution in [-0.2, 0) is 23.0 Å². The van der Waals surface area contributed by atoms with Gasteiger partial charge in [0, 0.05) is 20.1 Å². The number of guanidine groups is 1. The third-order valence-electron chi connectivity index (χ3n) is 3.80. The number of primary sulfonamides is 1. The van der Waals surface area contributed by atoms with Crippen molar-refractivity contribution >= 4 is 16.0 Å². The predicted molar refractivity (Wildman–Crippen MR) is 103 cm³/mol. The van der Waals surface area contributed by atoms with E-state index in [-0.39, 0.29) is 4.90 Å². The summed E-state index contributed by atoms with van der Waals surface area (Å²) in [4.78, 5) is 4.31. The maximum atomic E-state index is 11.2. The Balaban J connectivity index is 1.79. The molecule has 4 N–H and O–H groups in total. The van der Waals surface area contributed by atoms with Crippen LogP contribution in [-0.4, -0.2) is 35.1 Å². The van der Waals surface area contributed by atoms with E-state index in [0.717, 1.165) is 23.3 Å².